The Kier molecular flexibility index (Phi) is 7.92. The van der Waals surface area contributed by atoms with Gasteiger partial charge in [0.05, 0.1) is 6.61 Å². The summed E-state index contributed by atoms with van der Waals surface area (Å²) in [4.78, 5) is 20.6. The minimum Gasteiger partial charge on any atom is -0.474 e. The summed E-state index contributed by atoms with van der Waals surface area (Å²) < 4.78 is 11.5. The molecule has 7 nitrogen and oxygen atoms in total. The fraction of sp³-hybridized carbons (Fsp3) is 0.538. The van der Waals surface area contributed by atoms with Crippen molar-refractivity contribution in [3.8, 4) is 5.88 Å². The zero-order chi connectivity index (χ0) is 23.0. The number of rotatable bonds is 7. The van der Waals surface area contributed by atoms with E-state index in [0.717, 1.165) is 50.9 Å². The molecule has 33 heavy (non-hydrogen) atoms. The van der Waals surface area contributed by atoms with Crippen LogP contribution in [-0.4, -0.2) is 60.9 Å². The number of hydrogen-bond acceptors (Lipinski definition) is 6. The van der Waals surface area contributed by atoms with E-state index >= 15 is 0 Å². The predicted molar refractivity (Wildman–Crippen MR) is 131 cm³/mol. The first-order chi connectivity index (χ1) is 16.1. The second kappa shape index (κ2) is 11.3. The quantitative estimate of drug-likeness (QED) is 0.647. The summed E-state index contributed by atoms with van der Waals surface area (Å²) in [5.74, 6) is 0.687. The van der Waals surface area contributed by atoms with E-state index in [2.05, 4.69) is 46.4 Å². The summed E-state index contributed by atoms with van der Waals surface area (Å²) >= 11 is 0. The van der Waals surface area contributed by atoms with Gasteiger partial charge in [-0.15, -0.1) is 0 Å². The fourth-order valence-corrected chi connectivity index (χ4v) is 4.47. The van der Waals surface area contributed by atoms with E-state index in [1.807, 2.05) is 25.3 Å². The molecule has 2 heterocycles. The van der Waals surface area contributed by atoms with Crippen LogP contribution in [0.2, 0.25) is 0 Å². The van der Waals surface area contributed by atoms with Gasteiger partial charge < -0.3 is 24.6 Å². The summed E-state index contributed by atoms with van der Waals surface area (Å²) in [6, 6.07) is 13.1. The monoisotopic (exact) mass is 452 g/mol. The standard InChI is InChI=1S/C26H36N4O3/c1-3-18-32-26(31)30-16-14-29(15-17-30)23-12-13-27-25(19-23)33-24-10-8-22(9-11-24)28-21-6-4-20(2)5-7-21/h4-7,12-13,19,22,24,28H,3,8-11,14-18H2,1-2H3. The molecule has 0 atom stereocenters. The van der Waals surface area contributed by atoms with Crippen molar-refractivity contribution in [3.05, 3.63) is 48.2 Å². The van der Waals surface area contributed by atoms with Crippen LogP contribution in [0.1, 0.15) is 44.6 Å². The summed E-state index contributed by atoms with van der Waals surface area (Å²) in [6.45, 7) is 7.48. The van der Waals surface area contributed by atoms with E-state index < -0.39 is 0 Å². The molecular weight excluding hydrogens is 416 g/mol. The van der Waals surface area contributed by atoms with Gasteiger partial charge in [0.15, 0.2) is 0 Å². The van der Waals surface area contributed by atoms with Gasteiger partial charge in [0.1, 0.15) is 6.10 Å². The number of hydrogen-bond donors (Lipinski definition) is 1. The van der Waals surface area contributed by atoms with Crippen LogP contribution in [0.15, 0.2) is 42.6 Å². The van der Waals surface area contributed by atoms with Crippen molar-refractivity contribution in [3.63, 3.8) is 0 Å². The number of aromatic nitrogens is 1. The lowest BCUT2D eigenvalue weighted by molar-refractivity contribution is 0.100. The molecule has 2 aromatic rings. The van der Waals surface area contributed by atoms with E-state index in [1.54, 1.807) is 4.90 Å². The molecule has 4 rings (SSSR count). The third kappa shape index (κ3) is 6.53. The van der Waals surface area contributed by atoms with Crippen molar-refractivity contribution < 1.29 is 14.3 Å². The van der Waals surface area contributed by atoms with Gasteiger partial charge in [-0.3, -0.25) is 0 Å². The lowest BCUT2D eigenvalue weighted by Crippen LogP contribution is -2.49. The zero-order valence-electron chi connectivity index (χ0n) is 19.8. The van der Waals surface area contributed by atoms with Crippen molar-refractivity contribution in [1.29, 1.82) is 0 Å². The fourth-order valence-electron chi connectivity index (χ4n) is 4.47. The van der Waals surface area contributed by atoms with E-state index in [-0.39, 0.29) is 12.2 Å². The molecule has 1 N–H and O–H groups in total. The maximum absolute atomic E-state index is 12.1. The van der Waals surface area contributed by atoms with Gasteiger partial charge in [0.2, 0.25) is 5.88 Å². The van der Waals surface area contributed by atoms with Crippen molar-refractivity contribution >= 4 is 17.5 Å². The second-order valence-electron chi connectivity index (χ2n) is 9.04. The molecule has 1 amide bonds. The highest BCUT2D eigenvalue weighted by atomic mass is 16.6. The van der Waals surface area contributed by atoms with Crippen LogP contribution < -0.4 is 15.0 Å². The summed E-state index contributed by atoms with van der Waals surface area (Å²) in [7, 11) is 0. The maximum atomic E-state index is 12.1. The number of nitrogens with zero attached hydrogens (tertiary/aromatic N) is 3. The minimum absolute atomic E-state index is 0.203. The van der Waals surface area contributed by atoms with Crippen LogP contribution in [0.25, 0.3) is 0 Å². The minimum atomic E-state index is -0.206. The van der Waals surface area contributed by atoms with Crippen molar-refractivity contribution in [2.24, 2.45) is 0 Å². The van der Waals surface area contributed by atoms with Crippen LogP contribution in [0, 0.1) is 6.92 Å². The van der Waals surface area contributed by atoms with E-state index in [9.17, 15) is 4.79 Å². The largest absolute Gasteiger partial charge is 0.474 e. The highest BCUT2D eigenvalue weighted by molar-refractivity contribution is 5.68. The Morgan fingerprint density at radius 1 is 1.06 bits per heavy atom. The molecule has 0 unspecified atom stereocenters. The van der Waals surface area contributed by atoms with Gasteiger partial charge in [0.25, 0.3) is 0 Å². The van der Waals surface area contributed by atoms with Gasteiger partial charge in [0, 0.05) is 55.9 Å². The molecule has 2 aliphatic rings. The van der Waals surface area contributed by atoms with Gasteiger partial charge in [-0.05, 0) is 57.2 Å². The van der Waals surface area contributed by atoms with Gasteiger partial charge in [-0.1, -0.05) is 24.6 Å². The molecule has 1 saturated carbocycles. The molecule has 2 fully saturated rings. The average Bonchev–Trinajstić information content (AvgIpc) is 2.85. The van der Waals surface area contributed by atoms with Crippen LogP contribution in [0.4, 0.5) is 16.2 Å². The van der Waals surface area contributed by atoms with Crippen LogP contribution in [-0.2, 0) is 4.74 Å². The van der Waals surface area contributed by atoms with Crippen molar-refractivity contribution in [2.75, 3.05) is 43.0 Å². The Morgan fingerprint density at radius 2 is 1.79 bits per heavy atom. The summed E-state index contributed by atoms with van der Waals surface area (Å²) in [5, 5.41) is 3.65. The van der Waals surface area contributed by atoms with E-state index in [0.29, 0.717) is 31.6 Å². The zero-order valence-corrected chi connectivity index (χ0v) is 19.8. The molecule has 1 aromatic carbocycles. The first-order valence-electron chi connectivity index (χ1n) is 12.2. The lowest BCUT2D eigenvalue weighted by Gasteiger charge is -2.35. The van der Waals surface area contributed by atoms with Gasteiger partial charge >= 0.3 is 6.09 Å². The highest BCUT2D eigenvalue weighted by Crippen LogP contribution is 2.27. The van der Waals surface area contributed by atoms with E-state index in [4.69, 9.17) is 9.47 Å². The number of benzene rings is 1. The number of anilines is 2. The molecule has 1 aliphatic heterocycles. The third-order valence-corrected chi connectivity index (χ3v) is 6.44. The molecular formula is C26H36N4O3. The van der Waals surface area contributed by atoms with Crippen molar-refractivity contribution in [1.82, 2.24) is 9.88 Å². The number of pyridine rings is 1. The Morgan fingerprint density at radius 3 is 2.48 bits per heavy atom. The average molecular weight is 453 g/mol. The number of aryl methyl sites for hydroxylation is 1. The third-order valence-electron chi connectivity index (χ3n) is 6.44. The Balaban J connectivity index is 1.23. The smallest absolute Gasteiger partial charge is 0.409 e. The Hall–Kier alpha value is -2.96. The first-order valence-corrected chi connectivity index (χ1v) is 12.2. The van der Waals surface area contributed by atoms with Crippen LogP contribution >= 0.6 is 0 Å². The normalized spacial score (nSPS) is 20.9. The van der Waals surface area contributed by atoms with Crippen molar-refractivity contribution in [2.45, 2.75) is 58.1 Å². The Bertz CT molecular complexity index is 889. The SMILES string of the molecule is CCCOC(=O)N1CCN(c2ccnc(OC3CCC(Nc4ccc(C)cc4)CC3)c2)CC1. The number of carbonyl (C=O) groups is 1. The molecule has 1 aliphatic carbocycles. The lowest BCUT2D eigenvalue weighted by atomic mass is 9.92. The summed E-state index contributed by atoms with van der Waals surface area (Å²) in [5.41, 5.74) is 3.57. The van der Waals surface area contributed by atoms with Crippen LogP contribution in [0.3, 0.4) is 0 Å². The molecule has 1 aromatic heterocycles. The molecule has 7 heteroatoms. The molecule has 0 radical (unpaired) electrons. The number of piperazine rings is 1. The number of nitrogens with one attached hydrogen (secondary N) is 1. The van der Waals surface area contributed by atoms with Crippen LogP contribution in [0.5, 0.6) is 5.88 Å². The summed E-state index contributed by atoms with van der Waals surface area (Å²) in [6.07, 6.45) is 6.88. The Labute approximate surface area is 197 Å². The molecule has 0 spiro atoms. The predicted octanol–water partition coefficient (Wildman–Crippen LogP) is 4.86. The molecule has 0 bridgehead atoms. The van der Waals surface area contributed by atoms with Gasteiger partial charge in [-0.25, -0.2) is 9.78 Å². The van der Waals surface area contributed by atoms with Gasteiger partial charge in [-0.2, -0.15) is 0 Å². The van der Waals surface area contributed by atoms with E-state index in [1.165, 1.54) is 11.3 Å². The number of amides is 1. The first kappa shape index (κ1) is 23.2. The second-order valence-corrected chi connectivity index (χ2v) is 9.04. The number of carbonyl (C=O) groups excluding carboxylic acids is 1. The molecule has 1 saturated heterocycles. The number of ether oxygens (including phenoxy) is 2. The highest BCUT2D eigenvalue weighted by Gasteiger charge is 2.24. The maximum Gasteiger partial charge on any atom is 0.409 e. The molecule has 178 valence electrons. The topological polar surface area (TPSA) is 66.9 Å².